The Labute approximate surface area is 107 Å². The van der Waals surface area contributed by atoms with Crippen molar-refractivity contribution >= 4 is 5.69 Å². The van der Waals surface area contributed by atoms with Gasteiger partial charge in [0.05, 0.1) is 30.7 Å². The normalized spacial score (nSPS) is 10.7. The summed E-state index contributed by atoms with van der Waals surface area (Å²) < 4.78 is 7.30. The summed E-state index contributed by atoms with van der Waals surface area (Å²) in [4.78, 5) is 0. The molecule has 0 aliphatic heterocycles. The maximum Gasteiger partial charge on any atom is 0.123 e. The third-order valence-corrected chi connectivity index (χ3v) is 3.19. The number of benzene rings is 1. The molecule has 18 heavy (non-hydrogen) atoms. The third-order valence-electron chi connectivity index (χ3n) is 3.19. The standard InChI is InChI=1S/C14H19N3O/c1-9-5-6-13(18-4)12(7-9)8-17-11(3)14(15)10(2)16-17/h5-7H,8,15H2,1-4H3. The van der Waals surface area contributed by atoms with Crippen molar-refractivity contribution in [2.45, 2.75) is 27.3 Å². The van der Waals surface area contributed by atoms with Gasteiger partial charge in [-0.3, -0.25) is 4.68 Å². The Hall–Kier alpha value is -1.97. The van der Waals surface area contributed by atoms with E-state index in [-0.39, 0.29) is 0 Å². The lowest BCUT2D eigenvalue weighted by Gasteiger charge is -2.10. The first-order valence-electron chi connectivity index (χ1n) is 5.96. The van der Waals surface area contributed by atoms with E-state index < -0.39 is 0 Å². The summed E-state index contributed by atoms with van der Waals surface area (Å²) >= 11 is 0. The largest absolute Gasteiger partial charge is 0.496 e. The number of rotatable bonds is 3. The second-order valence-corrected chi connectivity index (χ2v) is 4.56. The highest BCUT2D eigenvalue weighted by Gasteiger charge is 2.10. The van der Waals surface area contributed by atoms with Gasteiger partial charge in [0, 0.05) is 5.56 Å². The van der Waals surface area contributed by atoms with Crippen LogP contribution in [0.15, 0.2) is 18.2 Å². The van der Waals surface area contributed by atoms with Crippen molar-refractivity contribution in [1.29, 1.82) is 0 Å². The summed E-state index contributed by atoms with van der Waals surface area (Å²) in [5.41, 5.74) is 10.9. The average Bonchev–Trinajstić information content (AvgIpc) is 2.57. The minimum absolute atomic E-state index is 0.675. The number of hydrogen-bond donors (Lipinski definition) is 1. The molecule has 0 amide bonds. The van der Waals surface area contributed by atoms with Crippen LogP contribution in [0.1, 0.15) is 22.5 Å². The summed E-state index contributed by atoms with van der Waals surface area (Å²) in [7, 11) is 1.68. The topological polar surface area (TPSA) is 53.1 Å². The fourth-order valence-corrected chi connectivity index (χ4v) is 2.06. The molecule has 0 radical (unpaired) electrons. The number of aryl methyl sites for hydroxylation is 2. The van der Waals surface area contributed by atoms with Crippen molar-refractivity contribution in [3.8, 4) is 5.75 Å². The number of ether oxygens (including phenoxy) is 1. The van der Waals surface area contributed by atoms with Gasteiger partial charge >= 0.3 is 0 Å². The molecule has 0 saturated heterocycles. The van der Waals surface area contributed by atoms with E-state index in [1.807, 2.05) is 30.7 Å². The smallest absolute Gasteiger partial charge is 0.123 e. The molecule has 4 heteroatoms. The van der Waals surface area contributed by atoms with Crippen LogP contribution in [0.5, 0.6) is 5.75 Å². The fraction of sp³-hybridized carbons (Fsp3) is 0.357. The number of methoxy groups -OCH3 is 1. The molecule has 0 atom stereocenters. The lowest BCUT2D eigenvalue weighted by Crippen LogP contribution is -2.06. The van der Waals surface area contributed by atoms with E-state index >= 15 is 0 Å². The summed E-state index contributed by atoms with van der Waals surface area (Å²) in [5, 5.41) is 4.45. The van der Waals surface area contributed by atoms with Gasteiger partial charge < -0.3 is 10.5 Å². The van der Waals surface area contributed by atoms with E-state index in [1.54, 1.807) is 7.11 Å². The van der Waals surface area contributed by atoms with Gasteiger partial charge in [0.2, 0.25) is 0 Å². The van der Waals surface area contributed by atoms with Gasteiger partial charge in [-0.1, -0.05) is 17.7 Å². The van der Waals surface area contributed by atoms with Crippen LogP contribution < -0.4 is 10.5 Å². The van der Waals surface area contributed by atoms with E-state index in [1.165, 1.54) is 5.56 Å². The molecule has 0 saturated carbocycles. The van der Waals surface area contributed by atoms with Gasteiger partial charge in [-0.15, -0.1) is 0 Å². The monoisotopic (exact) mass is 245 g/mol. The lowest BCUT2D eigenvalue weighted by molar-refractivity contribution is 0.407. The molecular formula is C14H19N3O. The quantitative estimate of drug-likeness (QED) is 0.903. The van der Waals surface area contributed by atoms with Crippen LogP contribution in [0.2, 0.25) is 0 Å². The summed E-state index contributed by atoms with van der Waals surface area (Å²) in [6.45, 7) is 6.65. The number of nitrogens with zero attached hydrogens (tertiary/aromatic N) is 2. The third kappa shape index (κ3) is 2.18. The minimum atomic E-state index is 0.675. The molecule has 0 spiro atoms. The highest BCUT2D eigenvalue weighted by molar-refractivity contribution is 5.47. The predicted octanol–water partition coefficient (Wildman–Crippen LogP) is 2.45. The van der Waals surface area contributed by atoms with E-state index in [2.05, 4.69) is 18.1 Å². The second-order valence-electron chi connectivity index (χ2n) is 4.56. The van der Waals surface area contributed by atoms with Crippen molar-refractivity contribution in [3.05, 3.63) is 40.7 Å². The van der Waals surface area contributed by atoms with Gasteiger partial charge in [-0.2, -0.15) is 5.10 Å². The SMILES string of the molecule is COc1ccc(C)cc1Cn1nc(C)c(N)c1C. The molecule has 2 rings (SSSR count). The first-order valence-corrected chi connectivity index (χ1v) is 5.96. The van der Waals surface area contributed by atoms with Crippen LogP contribution in [-0.2, 0) is 6.54 Å². The molecule has 0 unspecified atom stereocenters. The molecule has 1 heterocycles. The van der Waals surface area contributed by atoms with Crippen molar-refractivity contribution in [3.63, 3.8) is 0 Å². The molecule has 1 aromatic heterocycles. The number of aromatic nitrogens is 2. The molecule has 0 fully saturated rings. The Kier molecular flexibility index (Phi) is 3.28. The first kappa shape index (κ1) is 12.5. The van der Waals surface area contributed by atoms with Gasteiger partial charge in [0.15, 0.2) is 0 Å². The summed E-state index contributed by atoms with van der Waals surface area (Å²) in [6, 6.07) is 6.14. The van der Waals surface area contributed by atoms with Crippen LogP contribution in [0.3, 0.4) is 0 Å². The van der Waals surface area contributed by atoms with Gasteiger partial charge in [0.25, 0.3) is 0 Å². The molecule has 4 nitrogen and oxygen atoms in total. The Morgan fingerprint density at radius 1 is 1.28 bits per heavy atom. The van der Waals surface area contributed by atoms with Crippen molar-refractivity contribution in [2.75, 3.05) is 12.8 Å². The summed E-state index contributed by atoms with van der Waals surface area (Å²) in [6.07, 6.45) is 0. The Bertz CT molecular complexity index is 573. The van der Waals surface area contributed by atoms with Gasteiger partial charge in [-0.05, 0) is 26.8 Å². The van der Waals surface area contributed by atoms with Crippen molar-refractivity contribution < 1.29 is 4.74 Å². The average molecular weight is 245 g/mol. The second kappa shape index (κ2) is 4.72. The number of nitrogens with two attached hydrogens (primary N) is 1. The van der Waals surface area contributed by atoms with Crippen LogP contribution in [0.25, 0.3) is 0 Å². The maximum absolute atomic E-state index is 5.94. The molecule has 1 aromatic carbocycles. The van der Waals surface area contributed by atoms with Gasteiger partial charge in [0.1, 0.15) is 5.75 Å². The molecule has 0 aliphatic rings. The van der Waals surface area contributed by atoms with Crippen molar-refractivity contribution in [2.24, 2.45) is 0 Å². The predicted molar refractivity (Wildman–Crippen MR) is 72.9 cm³/mol. The molecular weight excluding hydrogens is 226 g/mol. The molecule has 96 valence electrons. The van der Waals surface area contributed by atoms with E-state index in [0.29, 0.717) is 6.54 Å². The highest BCUT2D eigenvalue weighted by atomic mass is 16.5. The Morgan fingerprint density at radius 3 is 2.56 bits per heavy atom. The van der Waals surface area contributed by atoms with E-state index in [4.69, 9.17) is 10.5 Å². The van der Waals surface area contributed by atoms with Crippen LogP contribution in [-0.4, -0.2) is 16.9 Å². The maximum atomic E-state index is 5.94. The molecule has 0 bridgehead atoms. The highest BCUT2D eigenvalue weighted by Crippen LogP contribution is 2.23. The summed E-state index contributed by atoms with van der Waals surface area (Å²) in [5.74, 6) is 0.881. The lowest BCUT2D eigenvalue weighted by atomic mass is 10.1. The zero-order chi connectivity index (χ0) is 13.3. The molecule has 2 N–H and O–H groups in total. The van der Waals surface area contributed by atoms with Crippen molar-refractivity contribution in [1.82, 2.24) is 9.78 Å². The molecule has 2 aromatic rings. The molecule has 0 aliphatic carbocycles. The number of anilines is 1. The number of nitrogen functional groups attached to an aromatic ring is 1. The van der Waals surface area contributed by atoms with E-state index in [9.17, 15) is 0 Å². The van der Waals surface area contributed by atoms with Crippen LogP contribution in [0.4, 0.5) is 5.69 Å². The Morgan fingerprint density at radius 2 is 2.00 bits per heavy atom. The van der Waals surface area contributed by atoms with Crippen LogP contribution >= 0.6 is 0 Å². The minimum Gasteiger partial charge on any atom is -0.496 e. The first-order chi connectivity index (χ1) is 8.52. The zero-order valence-corrected chi connectivity index (χ0v) is 11.3. The van der Waals surface area contributed by atoms with Gasteiger partial charge in [-0.25, -0.2) is 0 Å². The Balaban J connectivity index is 2.39. The van der Waals surface area contributed by atoms with E-state index in [0.717, 1.165) is 28.4 Å². The number of hydrogen-bond acceptors (Lipinski definition) is 3. The van der Waals surface area contributed by atoms with Crippen LogP contribution in [0, 0.1) is 20.8 Å². The zero-order valence-electron chi connectivity index (χ0n) is 11.3. The fourth-order valence-electron chi connectivity index (χ4n) is 2.06.